The summed E-state index contributed by atoms with van der Waals surface area (Å²) in [5, 5.41) is 16.4. The first-order valence-electron chi connectivity index (χ1n) is 11.3. The molecule has 3 aromatic carbocycles. The van der Waals surface area contributed by atoms with E-state index in [0.717, 1.165) is 39.6 Å². The van der Waals surface area contributed by atoms with Crippen LogP contribution in [0.4, 0.5) is 16.4 Å². The van der Waals surface area contributed by atoms with E-state index in [9.17, 15) is 4.79 Å². The Morgan fingerprint density at radius 3 is 2.49 bits per heavy atom. The molecule has 1 saturated heterocycles. The highest BCUT2D eigenvalue weighted by molar-refractivity contribution is 6.30. The number of benzene rings is 3. The lowest BCUT2D eigenvalue weighted by atomic mass is 10.0. The van der Waals surface area contributed by atoms with Crippen LogP contribution < -0.4 is 9.91 Å². The Balaban J connectivity index is 1.43. The van der Waals surface area contributed by atoms with Gasteiger partial charge in [-0.3, -0.25) is 9.47 Å². The van der Waals surface area contributed by atoms with Crippen LogP contribution in [-0.4, -0.2) is 39.7 Å². The van der Waals surface area contributed by atoms with Crippen molar-refractivity contribution in [2.75, 3.05) is 23.1 Å². The van der Waals surface area contributed by atoms with Crippen molar-refractivity contribution in [1.82, 2.24) is 14.8 Å². The van der Waals surface area contributed by atoms with E-state index in [-0.39, 0.29) is 6.09 Å². The molecule has 6 rings (SSSR count). The number of anilines is 2. The van der Waals surface area contributed by atoms with Crippen LogP contribution in [0, 0.1) is 6.92 Å². The first kappa shape index (κ1) is 21.4. The number of amides is 1. The molecule has 0 bridgehead atoms. The topological polar surface area (TPSA) is 75.8 Å². The second-order valence-corrected chi connectivity index (χ2v) is 8.78. The van der Waals surface area contributed by atoms with Crippen molar-refractivity contribution < 1.29 is 9.53 Å². The maximum atomic E-state index is 11.9. The van der Waals surface area contributed by atoms with Crippen LogP contribution in [0.1, 0.15) is 22.5 Å². The summed E-state index contributed by atoms with van der Waals surface area (Å²) in [6.07, 6.45) is -0.316. The number of hydrogen-bond donors (Lipinski definition) is 0. The lowest BCUT2D eigenvalue weighted by Crippen LogP contribution is -2.23. The molecule has 1 aromatic heterocycles. The predicted molar refractivity (Wildman–Crippen MR) is 135 cm³/mol. The number of para-hydroxylation sites is 1. The number of carbonyl (C=O) groups excluding carboxylic acids is 1. The molecule has 8 nitrogen and oxygen atoms in total. The highest BCUT2D eigenvalue weighted by Crippen LogP contribution is 2.31. The van der Waals surface area contributed by atoms with Gasteiger partial charge in [0.1, 0.15) is 18.1 Å². The van der Waals surface area contributed by atoms with Crippen molar-refractivity contribution in [2.45, 2.75) is 13.5 Å². The molecule has 0 N–H and O–H groups in total. The van der Waals surface area contributed by atoms with Crippen LogP contribution in [0.25, 0.3) is 5.69 Å². The molecule has 174 valence electrons. The molecule has 0 spiro atoms. The summed E-state index contributed by atoms with van der Waals surface area (Å²) < 4.78 is 7.08. The molecule has 0 atom stereocenters. The van der Waals surface area contributed by atoms with Crippen LogP contribution in [0.5, 0.6) is 0 Å². The molecule has 0 unspecified atom stereocenters. The summed E-state index contributed by atoms with van der Waals surface area (Å²) in [4.78, 5) is 13.5. The minimum atomic E-state index is -0.316. The third kappa shape index (κ3) is 3.81. The lowest BCUT2D eigenvalue weighted by molar-refractivity contribution is 0.181. The van der Waals surface area contributed by atoms with Crippen molar-refractivity contribution in [3.63, 3.8) is 0 Å². The number of nitrogens with zero attached hydrogens (tertiary/aromatic N) is 6. The standard InChI is InChI=1S/C26H21ClN6O2/c1-17-28-29-25-32(16-18-6-12-21(13-7-18)31-14-15-35-26(31)34)30-24(19-8-10-20(27)11-9-19)22-4-2-3-5-23(22)33(17)25/h2-13H,14-16H2,1H3. The van der Waals surface area contributed by atoms with E-state index in [4.69, 9.17) is 21.4 Å². The fourth-order valence-electron chi connectivity index (χ4n) is 4.40. The number of halogens is 1. The molecular formula is C26H21ClN6O2. The van der Waals surface area contributed by atoms with Gasteiger partial charge in [-0.25, -0.2) is 9.80 Å². The van der Waals surface area contributed by atoms with E-state index in [1.165, 1.54) is 0 Å². The molecule has 0 radical (unpaired) electrons. The minimum absolute atomic E-state index is 0.316. The number of fused-ring (bicyclic) bond motifs is 3. The largest absolute Gasteiger partial charge is 0.447 e. The van der Waals surface area contributed by atoms with Gasteiger partial charge in [-0.1, -0.05) is 54.1 Å². The van der Waals surface area contributed by atoms with Crippen molar-refractivity contribution in [2.24, 2.45) is 5.10 Å². The number of ether oxygens (including phenoxy) is 1. The monoisotopic (exact) mass is 484 g/mol. The van der Waals surface area contributed by atoms with Crippen molar-refractivity contribution in [3.8, 4) is 5.69 Å². The number of aromatic nitrogens is 3. The smallest absolute Gasteiger partial charge is 0.414 e. The fourth-order valence-corrected chi connectivity index (χ4v) is 4.52. The Labute approximate surface area is 207 Å². The summed E-state index contributed by atoms with van der Waals surface area (Å²) >= 11 is 6.16. The molecule has 0 saturated carbocycles. The first-order chi connectivity index (χ1) is 17.1. The summed E-state index contributed by atoms with van der Waals surface area (Å²) in [6.45, 7) is 3.36. The first-order valence-corrected chi connectivity index (χ1v) is 11.6. The summed E-state index contributed by atoms with van der Waals surface area (Å²) in [5.41, 5.74) is 5.53. The summed E-state index contributed by atoms with van der Waals surface area (Å²) in [5.74, 6) is 1.40. The minimum Gasteiger partial charge on any atom is -0.447 e. The summed E-state index contributed by atoms with van der Waals surface area (Å²) in [6, 6.07) is 23.6. The van der Waals surface area contributed by atoms with Gasteiger partial charge >= 0.3 is 6.09 Å². The molecule has 4 aromatic rings. The van der Waals surface area contributed by atoms with Gasteiger partial charge < -0.3 is 4.74 Å². The average molecular weight is 485 g/mol. The Hall–Kier alpha value is -4.17. The van der Waals surface area contributed by atoms with Crippen molar-refractivity contribution in [1.29, 1.82) is 0 Å². The van der Waals surface area contributed by atoms with Gasteiger partial charge in [-0.05, 0) is 42.8 Å². The number of rotatable bonds is 4. The Morgan fingerprint density at radius 2 is 1.74 bits per heavy atom. The van der Waals surface area contributed by atoms with Crippen molar-refractivity contribution in [3.05, 3.63) is 100 Å². The molecule has 2 aliphatic heterocycles. The number of aryl methyl sites for hydroxylation is 1. The second kappa shape index (κ2) is 8.56. The Bertz CT molecular complexity index is 1450. The van der Waals surface area contributed by atoms with Crippen LogP contribution in [0.2, 0.25) is 5.02 Å². The van der Waals surface area contributed by atoms with E-state index >= 15 is 0 Å². The maximum Gasteiger partial charge on any atom is 0.414 e. The zero-order valence-electron chi connectivity index (χ0n) is 18.9. The maximum absolute atomic E-state index is 11.9. The normalized spacial score (nSPS) is 14.8. The van der Waals surface area contributed by atoms with E-state index in [0.29, 0.717) is 30.7 Å². The molecule has 3 heterocycles. The van der Waals surface area contributed by atoms with Gasteiger partial charge in [0.05, 0.1) is 18.8 Å². The molecule has 1 amide bonds. The third-order valence-electron chi connectivity index (χ3n) is 6.12. The molecule has 2 aliphatic rings. The zero-order valence-corrected chi connectivity index (χ0v) is 19.7. The highest BCUT2D eigenvalue weighted by atomic mass is 35.5. The molecule has 1 fully saturated rings. The highest BCUT2D eigenvalue weighted by Gasteiger charge is 2.27. The van der Waals surface area contributed by atoms with E-state index in [1.54, 1.807) is 4.90 Å². The van der Waals surface area contributed by atoms with Gasteiger partial charge in [0.25, 0.3) is 5.95 Å². The number of carbonyl (C=O) groups is 1. The van der Waals surface area contributed by atoms with Crippen LogP contribution in [-0.2, 0) is 11.3 Å². The van der Waals surface area contributed by atoms with Crippen LogP contribution >= 0.6 is 11.6 Å². The second-order valence-electron chi connectivity index (χ2n) is 8.35. The van der Waals surface area contributed by atoms with Crippen LogP contribution in [0.15, 0.2) is 77.9 Å². The zero-order chi connectivity index (χ0) is 23.9. The molecule has 9 heteroatoms. The van der Waals surface area contributed by atoms with E-state index in [1.807, 2.05) is 83.2 Å². The Kier molecular flexibility index (Phi) is 5.22. The van der Waals surface area contributed by atoms with Gasteiger partial charge in [0, 0.05) is 21.8 Å². The number of cyclic esters (lactones) is 1. The van der Waals surface area contributed by atoms with E-state index in [2.05, 4.69) is 16.3 Å². The van der Waals surface area contributed by atoms with Crippen molar-refractivity contribution >= 4 is 35.0 Å². The SMILES string of the molecule is Cc1nnc2n1-c1ccccc1C(c1ccc(Cl)cc1)=NN2Cc1ccc(N2CCOC2=O)cc1. The third-order valence-corrected chi connectivity index (χ3v) is 6.37. The lowest BCUT2D eigenvalue weighted by Gasteiger charge is -2.19. The number of hydrazone groups is 1. The van der Waals surface area contributed by atoms with Gasteiger partial charge in [0.15, 0.2) is 0 Å². The van der Waals surface area contributed by atoms with Crippen LogP contribution in [0.3, 0.4) is 0 Å². The van der Waals surface area contributed by atoms with Gasteiger partial charge in [-0.2, -0.15) is 5.10 Å². The molecular weight excluding hydrogens is 464 g/mol. The predicted octanol–water partition coefficient (Wildman–Crippen LogP) is 4.96. The van der Waals surface area contributed by atoms with E-state index < -0.39 is 0 Å². The average Bonchev–Trinajstić information content (AvgIpc) is 3.44. The molecule has 0 aliphatic carbocycles. The summed E-state index contributed by atoms with van der Waals surface area (Å²) in [7, 11) is 0. The van der Waals surface area contributed by atoms with Gasteiger partial charge in [-0.15, -0.1) is 10.2 Å². The fraction of sp³-hybridized carbons (Fsp3) is 0.154. The quantitative estimate of drug-likeness (QED) is 0.409. The van der Waals surface area contributed by atoms with Gasteiger partial charge in [0.2, 0.25) is 0 Å². The molecule has 35 heavy (non-hydrogen) atoms. The number of hydrogen-bond acceptors (Lipinski definition) is 6. The Morgan fingerprint density at radius 1 is 0.971 bits per heavy atom.